The monoisotopic (exact) mass is 368 g/mol. The number of nitrogens with one attached hydrogen (secondary N) is 2. The molecule has 0 saturated carbocycles. The van der Waals surface area contributed by atoms with Gasteiger partial charge in [-0.05, 0) is 30.7 Å². The minimum atomic E-state index is -0.205. The summed E-state index contributed by atoms with van der Waals surface area (Å²) < 4.78 is 0. The molecule has 1 aromatic carbocycles. The lowest BCUT2D eigenvalue weighted by Crippen LogP contribution is -2.29. The van der Waals surface area contributed by atoms with Crippen LogP contribution in [0, 0.1) is 0 Å². The minimum Gasteiger partial charge on any atom is -0.372 e. The number of carbonyl (C=O) groups excluding carboxylic acids is 2. The van der Waals surface area contributed by atoms with E-state index in [-0.39, 0.29) is 17.1 Å². The maximum Gasteiger partial charge on any atom is 0.251 e. The molecule has 0 aromatic heterocycles. The highest BCUT2D eigenvalue weighted by Crippen LogP contribution is 2.37. The number of benzene rings is 1. The lowest BCUT2D eigenvalue weighted by molar-refractivity contribution is -0.113. The first kappa shape index (κ1) is 16.4. The Morgan fingerprint density at radius 1 is 1.30 bits per heavy atom. The topological polar surface area (TPSA) is 58.2 Å². The van der Waals surface area contributed by atoms with E-state index in [1.807, 2.05) is 6.08 Å². The zero-order valence-electron chi connectivity index (χ0n) is 12.1. The van der Waals surface area contributed by atoms with Gasteiger partial charge in [0.1, 0.15) is 0 Å². The lowest BCUT2D eigenvalue weighted by atomic mass is 10.1. The Morgan fingerprint density at radius 3 is 2.78 bits per heavy atom. The molecule has 0 spiro atoms. The Kier molecular flexibility index (Phi) is 4.99. The fourth-order valence-electron chi connectivity index (χ4n) is 2.40. The molecule has 1 aromatic rings. The van der Waals surface area contributed by atoms with E-state index < -0.39 is 0 Å². The van der Waals surface area contributed by atoms with Gasteiger partial charge in [-0.3, -0.25) is 9.59 Å². The second kappa shape index (κ2) is 6.99. The van der Waals surface area contributed by atoms with Crippen molar-refractivity contribution in [3.8, 4) is 0 Å². The van der Waals surface area contributed by atoms with Gasteiger partial charge in [0.05, 0.1) is 5.37 Å². The normalized spacial score (nSPS) is 19.6. The molecular weight excluding hydrogens is 355 g/mol. The number of allylic oxidation sites excluding steroid dienone is 2. The van der Waals surface area contributed by atoms with Crippen LogP contribution in [0.5, 0.6) is 0 Å². The number of halogens is 2. The van der Waals surface area contributed by atoms with Crippen molar-refractivity contribution >= 4 is 46.7 Å². The van der Waals surface area contributed by atoms with Crippen molar-refractivity contribution in [3.63, 3.8) is 0 Å². The van der Waals surface area contributed by atoms with Crippen molar-refractivity contribution in [2.45, 2.75) is 18.2 Å². The Morgan fingerprint density at radius 2 is 2.04 bits per heavy atom. The van der Waals surface area contributed by atoms with Gasteiger partial charge in [0.25, 0.3) is 5.91 Å². The molecule has 1 atom stereocenters. The average molecular weight is 369 g/mol. The summed E-state index contributed by atoms with van der Waals surface area (Å²) in [6, 6.07) is 4.76. The summed E-state index contributed by atoms with van der Waals surface area (Å²) in [7, 11) is 0. The molecule has 120 valence electrons. The molecule has 1 aliphatic heterocycles. The first-order valence-electron chi connectivity index (χ1n) is 7.14. The second-order valence-corrected chi connectivity index (χ2v) is 7.37. The van der Waals surface area contributed by atoms with Gasteiger partial charge in [-0.2, -0.15) is 0 Å². The zero-order valence-corrected chi connectivity index (χ0v) is 14.4. The van der Waals surface area contributed by atoms with E-state index in [2.05, 4.69) is 10.6 Å². The molecule has 1 saturated heterocycles. The quantitative estimate of drug-likeness (QED) is 0.853. The van der Waals surface area contributed by atoms with Crippen LogP contribution in [0.15, 0.2) is 41.0 Å². The minimum absolute atomic E-state index is 0.129. The second-order valence-electron chi connectivity index (χ2n) is 5.25. The number of thioether (sulfide) groups is 1. The van der Waals surface area contributed by atoms with Crippen LogP contribution in [0.4, 0.5) is 0 Å². The molecule has 4 nitrogen and oxygen atoms in total. The van der Waals surface area contributed by atoms with Crippen molar-refractivity contribution < 1.29 is 9.59 Å². The molecular formula is C16H14Cl2N2O2S. The Hall–Kier alpha value is -1.43. The number of rotatable bonds is 4. The van der Waals surface area contributed by atoms with Crippen LogP contribution in [-0.4, -0.2) is 23.6 Å². The third-order valence-electron chi connectivity index (χ3n) is 3.47. The predicted octanol–water partition coefficient (Wildman–Crippen LogP) is 3.52. The number of carbonyl (C=O) groups is 2. The highest BCUT2D eigenvalue weighted by atomic mass is 35.5. The van der Waals surface area contributed by atoms with E-state index in [1.165, 1.54) is 0 Å². The SMILES string of the molecule is O=C1C=C2SC(CCNC(=O)c3cc(Cl)cc(Cl)c3)NC2=CC1. The van der Waals surface area contributed by atoms with Crippen LogP contribution in [0.3, 0.4) is 0 Å². The van der Waals surface area contributed by atoms with E-state index in [1.54, 1.807) is 36.0 Å². The smallest absolute Gasteiger partial charge is 0.251 e. The van der Waals surface area contributed by atoms with E-state index >= 15 is 0 Å². The zero-order chi connectivity index (χ0) is 16.4. The van der Waals surface area contributed by atoms with Crippen molar-refractivity contribution in [1.82, 2.24) is 10.6 Å². The molecule has 3 rings (SSSR count). The van der Waals surface area contributed by atoms with Crippen molar-refractivity contribution in [1.29, 1.82) is 0 Å². The first-order valence-corrected chi connectivity index (χ1v) is 8.77. The molecule has 0 bridgehead atoms. The summed E-state index contributed by atoms with van der Waals surface area (Å²) in [4.78, 5) is 24.5. The van der Waals surface area contributed by atoms with E-state index in [0.717, 1.165) is 17.0 Å². The maximum atomic E-state index is 12.1. The summed E-state index contributed by atoms with van der Waals surface area (Å²) >= 11 is 13.4. The molecule has 2 N–H and O–H groups in total. The van der Waals surface area contributed by atoms with Gasteiger partial charge in [-0.1, -0.05) is 41.0 Å². The summed E-state index contributed by atoms with van der Waals surface area (Å²) in [5.74, 6) is -0.0757. The van der Waals surface area contributed by atoms with E-state index in [0.29, 0.717) is 28.6 Å². The highest BCUT2D eigenvalue weighted by molar-refractivity contribution is 8.04. The Balaban J connectivity index is 1.51. The largest absolute Gasteiger partial charge is 0.372 e. The molecule has 1 unspecified atom stereocenters. The molecule has 7 heteroatoms. The van der Waals surface area contributed by atoms with Gasteiger partial charge in [0.15, 0.2) is 5.78 Å². The first-order chi connectivity index (χ1) is 11.0. The Bertz CT molecular complexity index is 711. The van der Waals surface area contributed by atoms with Gasteiger partial charge < -0.3 is 10.6 Å². The van der Waals surface area contributed by atoms with Crippen LogP contribution >= 0.6 is 35.0 Å². The molecule has 2 aliphatic rings. The fraction of sp³-hybridized carbons (Fsp3) is 0.250. The number of amides is 1. The van der Waals surface area contributed by atoms with Crippen molar-refractivity contribution in [2.75, 3.05) is 6.54 Å². The van der Waals surface area contributed by atoms with Gasteiger partial charge in [-0.25, -0.2) is 0 Å². The molecule has 1 aliphatic carbocycles. The van der Waals surface area contributed by atoms with Gasteiger partial charge in [0.2, 0.25) is 0 Å². The van der Waals surface area contributed by atoms with Crippen molar-refractivity contribution in [2.24, 2.45) is 0 Å². The van der Waals surface area contributed by atoms with E-state index in [9.17, 15) is 9.59 Å². The molecule has 1 fully saturated rings. The van der Waals surface area contributed by atoms with Crippen LogP contribution in [-0.2, 0) is 4.79 Å². The molecule has 1 heterocycles. The number of fused-ring (bicyclic) bond motifs is 1. The predicted molar refractivity (Wildman–Crippen MR) is 93.7 cm³/mol. The van der Waals surface area contributed by atoms with Crippen molar-refractivity contribution in [3.05, 3.63) is 56.6 Å². The number of hydrogen-bond donors (Lipinski definition) is 2. The van der Waals surface area contributed by atoms with Gasteiger partial charge in [0, 0.05) is 39.2 Å². The van der Waals surface area contributed by atoms with E-state index in [4.69, 9.17) is 23.2 Å². The lowest BCUT2D eigenvalue weighted by Gasteiger charge is -2.11. The number of hydrogen-bond acceptors (Lipinski definition) is 4. The molecule has 0 radical (unpaired) electrons. The van der Waals surface area contributed by atoms with Crippen LogP contribution < -0.4 is 10.6 Å². The third-order valence-corrected chi connectivity index (χ3v) is 5.13. The summed E-state index contributed by atoms with van der Waals surface area (Å²) in [6.07, 6.45) is 4.79. The maximum absolute atomic E-state index is 12.1. The van der Waals surface area contributed by atoms with Gasteiger partial charge in [-0.15, -0.1) is 0 Å². The molecule has 23 heavy (non-hydrogen) atoms. The van der Waals surface area contributed by atoms with Crippen LogP contribution in [0.25, 0.3) is 0 Å². The summed E-state index contributed by atoms with van der Waals surface area (Å²) in [5, 5.41) is 7.23. The summed E-state index contributed by atoms with van der Waals surface area (Å²) in [6.45, 7) is 0.516. The molecule has 1 amide bonds. The van der Waals surface area contributed by atoms with Crippen LogP contribution in [0.2, 0.25) is 10.0 Å². The number of ketones is 1. The fourth-order valence-corrected chi connectivity index (χ4v) is 4.13. The third kappa shape index (κ3) is 4.10. The van der Waals surface area contributed by atoms with Gasteiger partial charge >= 0.3 is 0 Å². The summed E-state index contributed by atoms with van der Waals surface area (Å²) in [5.41, 5.74) is 1.46. The highest BCUT2D eigenvalue weighted by Gasteiger charge is 2.26. The van der Waals surface area contributed by atoms with Crippen LogP contribution in [0.1, 0.15) is 23.2 Å². The Labute approximate surface area is 148 Å². The average Bonchev–Trinajstić information content (AvgIpc) is 2.87. The standard InChI is InChI=1S/C16H14Cl2N2O2S/c17-10-5-9(6-11(18)7-10)16(22)19-4-3-15-20-13-2-1-12(21)8-14(13)23-15/h2,5-8,15,20H,1,3-4H2,(H,19,22).